The number of hydrogen-bond acceptors (Lipinski definition) is 3. The van der Waals surface area contributed by atoms with Gasteiger partial charge in [-0.3, -0.25) is 9.48 Å². The summed E-state index contributed by atoms with van der Waals surface area (Å²) < 4.78 is 1.45. The van der Waals surface area contributed by atoms with Gasteiger partial charge in [-0.25, -0.2) is 0 Å². The van der Waals surface area contributed by atoms with Crippen molar-refractivity contribution in [2.45, 2.75) is 6.54 Å². The predicted molar refractivity (Wildman–Crippen MR) is 71.7 cm³/mol. The van der Waals surface area contributed by atoms with E-state index >= 15 is 0 Å². The van der Waals surface area contributed by atoms with E-state index in [-0.39, 0.29) is 12.5 Å². The van der Waals surface area contributed by atoms with Gasteiger partial charge in [-0.05, 0) is 18.2 Å². The Balaban J connectivity index is 2.00. The number of carbonyl (C=O) groups excluding carboxylic acids is 1. The number of nitrogens with one attached hydrogen (secondary N) is 1. The molecule has 0 aliphatic carbocycles. The molecule has 0 radical (unpaired) electrons. The van der Waals surface area contributed by atoms with Crippen molar-refractivity contribution in [2.75, 3.05) is 11.1 Å². The fourth-order valence-corrected chi connectivity index (χ4v) is 1.69. The molecule has 2 aromatic rings. The predicted octanol–water partition coefficient (Wildman–Crippen LogP) is 2.41. The number of amides is 1. The summed E-state index contributed by atoms with van der Waals surface area (Å²) in [5, 5.41) is 7.42. The van der Waals surface area contributed by atoms with Crippen LogP contribution in [0.4, 0.5) is 11.4 Å². The van der Waals surface area contributed by atoms with Crippen LogP contribution in [0.2, 0.25) is 10.0 Å². The number of hydrogen-bond donors (Lipinski definition) is 2. The second-order valence-electron chi connectivity index (χ2n) is 3.65. The molecule has 0 fully saturated rings. The molecule has 3 N–H and O–H groups in total. The van der Waals surface area contributed by atoms with Crippen LogP contribution >= 0.6 is 23.2 Å². The summed E-state index contributed by atoms with van der Waals surface area (Å²) in [7, 11) is 0. The molecule has 1 aromatic carbocycles. The molecule has 1 amide bonds. The lowest BCUT2D eigenvalue weighted by atomic mass is 10.3. The molecule has 0 unspecified atom stereocenters. The first-order valence-electron chi connectivity index (χ1n) is 5.07. The fraction of sp³-hybridized carbons (Fsp3) is 0.0909. The SMILES string of the molecule is Nc1cnn(CC(=O)Nc2ccc(Cl)c(Cl)c2)c1. The summed E-state index contributed by atoms with van der Waals surface area (Å²) in [6, 6.07) is 4.87. The third-order valence-corrected chi connectivity index (χ3v) is 2.90. The van der Waals surface area contributed by atoms with E-state index in [4.69, 9.17) is 28.9 Å². The molecule has 0 atom stereocenters. The van der Waals surface area contributed by atoms with Crippen molar-refractivity contribution in [3.8, 4) is 0 Å². The maximum absolute atomic E-state index is 11.7. The molecular weight excluding hydrogens is 275 g/mol. The minimum atomic E-state index is -0.225. The monoisotopic (exact) mass is 284 g/mol. The van der Waals surface area contributed by atoms with Crippen molar-refractivity contribution in [2.24, 2.45) is 0 Å². The highest BCUT2D eigenvalue weighted by molar-refractivity contribution is 6.42. The number of halogens is 2. The molecular formula is C11H10Cl2N4O. The van der Waals surface area contributed by atoms with Gasteiger partial charge in [0.2, 0.25) is 5.91 Å². The summed E-state index contributed by atoms with van der Waals surface area (Å²) in [5.74, 6) is -0.225. The molecule has 2 rings (SSSR count). The zero-order valence-corrected chi connectivity index (χ0v) is 10.7. The minimum Gasteiger partial charge on any atom is -0.396 e. The molecule has 0 aliphatic rings. The standard InChI is InChI=1S/C11H10Cl2N4O/c12-9-2-1-8(3-10(9)13)16-11(18)6-17-5-7(14)4-15-17/h1-5H,6,14H2,(H,16,18). The zero-order valence-electron chi connectivity index (χ0n) is 9.23. The van der Waals surface area contributed by atoms with Crippen LogP contribution in [-0.4, -0.2) is 15.7 Å². The summed E-state index contributed by atoms with van der Waals surface area (Å²) in [6.07, 6.45) is 3.06. The van der Waals surface area contributed by atoms with Crippen LogP contribution in [0, 0.1) is 0 Å². The van der Waals surface area contributed by atoms with Gasteiger partial charge in [0.25, 0.3) is 0 Å². The minimum absolute atomic E-state index is 0.0808. The van der Waals surface area contributed by atoms with Gasteiger partial charge in [0.1, 0.15) is 6.54 Å². The first-order valence-corrected chi connectivity index (χ1v) is 5.83. The van der Waals surface area contributed by atoms with Crippen LogP contribution in [-0.2, 0) is 11.3 Å². The van der Waals surface area contributed by atoms with Crippen LogP contribution < -0.4 is 11.1 Å². The van der Waals surface area contributed by atoms with Crippen molar-refractivity contribution >= 4 is 40.5 Å². The maximum atomic E-state index is 11.7. The number of nitrogens with two attached hydrogens (primary N) is 1. The smallest absolute Gasteiger partial charge is 0.246 e. The third-order valence-electron chi connectivity index (χ3n) is 2.16. The Labute approximate surface area is 113 Å². The zero-order chi connectivity index (χ0) is 13.1. The summed E-state index contributed by atoms with van der Waals surface area (Å²) in [5.41, 5.74) is 6.59. The van der Waals surface area contributed by atoms with Crippen LogP contribution in [0.15, 0.2) is 30.6 Å². The fourth-order valence-electron chi connectivity index (χ4n) is 1.39. The number of aromatic nitrogens is 2. The molecule has 94 valence electrons. The third kappa shape index (κ3) is 3.15. The van der Waals surface area contributed by atoms with Gasteiger partial charge < -0.3 is 11.1 Å². The molecule has 0 aliphatic heterocycles. The molecule has 0 saturated carbocycles. The van der Waals surface area contributed by atoms with E-state index in [1.807, 2.05) is 0 Å². The van der Waals surface area contributed by atoms with Crippen molar-refractivity contribution < 1.29 is 4.79 Å². The van der Waals surface area contributed by atoms with Crippen LogP contribution in [0.5, 0.6) is 0 Å². The van der Waals surface area contributed by atoms with Crippen molar-refractivity contribution in [1.82, 2.24) is 9.78 Å². The Hall–Kier alpha value is -1.72. The van der Waals surface area contributed by atoms with E-state index in [1.165, 1.54) is 10.9 Å². The lowest BCUT2D eigenvalue weighted by molar-refractivity contribution is -0.116. The highest BCUT2D eigenvalue weighted by atomic mass is 35.5. The molecule has 5 nitrogen and oxygen atoms in total. The average molecular weight is 285 g/mol. The van der Waals surface area contributed by atoms with Gasteiger partial charge in [-0.1, -0.05) is 23.2 Å². The second-order valence-corrected chi connectivity index (χ2v) is 4.46. The van der Waals surface area contributed by atoms with E-state index in [1.54, 1.807) is 24.4 Å². The Bertz CT molecular complexity index is 582. The van der Waals surface area contributed by atoms with E-state index in [9.17, 15) is 4.79 Å². The topological polar surface area (TPSA) is 72.9 Å². The normalized spacial score (nSPS) is 10.3. The highest BCUT2D eigenvalue weighted by Crippen LogP contribution is 2.24. The summed E-state index contributed by atoms with van der Waals surface area (Å²) in [4.78, 5) is 11.7. The Morgan fingerprint density at radius 2 is 2.17 bits per heavy atom. The quantitative estimate of drug-likeness (QED) is 0.909. The molecule has 1 heterocycles. The van der Waals surface area contributed by atoms with Crippen LogP contribution in [0.25, 0.3) is 0 Å². The molecule has 0 bridgehead atoms. The largest absolute Gasteiger partial charge is 0.396 e. The van der Waals surface area contributed by atoms with Crippen molar-refractivity contribution in [3.05, 3.63) is 40.6 Å². The maximum Gasteiger partial charge on any atom is 0.246 e. The number of anilines is 2. The first kappa shape index (κ1) is 12.7. The highest BCUT2D eigenvalue weighted by Gasteiger charge is 2.06. The first-order chi connectivity index (χ1) is 8.54. The van der Waals surface area contributed by atoms with Gasteiger partial charge in [-0.15, -0.1) is 0 Å². The summed E-state index contributed by atoms with van der Waals surface area (Å²) >= 11 is 11.6. The molecule has 18 heavy (non-hydrogen) atoms. The number of nitrogens with zero attached hydrogens (tertiary/aromatic N) is 2. The number of nitrogen functional groups attached to an aromatic ring is 1. The van der Waals surface area contributed by atoms with Crippen LogP contribution in [0.3, 0.4) is 0 Å². The van der Waals surface area contributed by atoms with Gasteiger partial charge >= 0.3 is 0 Å². The lowest BCUT2D eigenvalue weighted by Crippen LogP contribution is -2.18. The number of benzene rings is 1. The van der Waals surface area contributed by atoms with Crippen molar-refractivity contribution in [1.29, 1.82) is 0 Å². The number of carbonyl (C=O) groups is 1. The molecule has 1 aromatic heterocycles. The van der Waals surface area contributed by atoms with Gasteiger partial charge in [0, 0.05) is 11.9 Å². The lowest BCUT2D eigenvalue weighted by Gasteiger charge is -2.06. The Kier molecular flexibility index (Phi) is 3.74. The van der Waals surface area contributed by atoms with E-state index < -0.39 is 0 Å². The van der Waals surface area contributed by atoms with Crippen molar-refractivity contribution in [3.63, 3.8) is 0 Å². The molecule has 7 heteroatoms. The molecule has 0 saturated heterocycles. The van der Waals surface area contributed by atoms with Gasteiger partial charge in [-0.2, -0.15) is 5.10 Å². The van der Waals surface area contributed by atoms with E-state index in [2.05, 4.69) is 10.4 Å². The van der Waals surface area contributed by atoms with E-state index in [0.29, 0.717) is 21.4 Å². The average Bonchev–Trinajstić information content (AvgIpc) is 2.69. The van der Waals surface area contributed by atoms with E-state index in [0.717, 1.165) is 0 Å². The number of rotatable bonds is 3. The van der Waals surface area contributed by atoms with Gasteiger partial charge in [0.05, 0.1) is 21.9 Å². The summed E-state index contributed by atoms with van der Waals surface area (Å²) in [6.45, 7) is 0.0808. The Morgan fingerprint density at radius 3 is 2.78 bits per heavy atom. The van der Waals surface area contributed by atoms with Crippen LogP contribution in [0.1, 0.15) is 0 Å². The molecule has 0 spiro atoms. The van der Waals surface area contributed by atoms with Gasteiger partial charge in [0.15, 0.2) is 0 Å². The Morgan fingerprint density at radius 1 is 1.39 bits per heavy atom. The second kappa shape index (κ2) is 5.29.